The minimum absolute atomic E-state index is 0.492. The molecule has 3 aromatic heterocycles. The molecule has 120 valence electrons. The minimum atomic E-state index is -0.543. The topological polar surface area (TPSA) is 79.9 Å². The molecule has 1 amide bonds. The van der Waals surface area contributed by atoms with E-state index in [2.05, 4.69) is 36.2 Å². The third-order valence-electron chi connectivity index (χ3n) is 2.89. The molecule has 6 nitrogen and oxygen atoms in total. The molecule has 0 radical (unpaired) electrons. The Labute approximate surface area is 145 Å². The standard InChI is InChI=1S/C15H15BrN4O2S/c1-15(2,3)22-14(21)20-13-19-11(7-23-13)10-6-18-12-9(10)4-8(16)5-17-12/h4-7H,1-3H3,(H,17,18)(H,19,20,21). The highest BCUT2D eigenvalue weighted by atomic mass is 79.9. The van der Waals surface area contributed by atoms with Gasteiger partial charge in [0.15, 0.2) is 5.13 Å². The predicted molar refractivity (Wildman–Crippen MR) is 94.8 cm³/mol. The van der Waals surface area contributed by atoms with Gasteiger partial charge in [0.25, 0.3) is 0 Å². The van der Waals surface area contributed by atoms with Crippen molar-refractivity contribution in [3.8, 4) is 11.3 Å². The van der Waals surface area contributed by atoms with Crippen LogP contribution in [0, 0.1) is 0 Å². The molecular formula is C15H15BrN4O2S. The van der Waals surface area contributed by atoms with Gasteiger partial charge in [-0.2, -0.15) is 0 Å². The number of fused-ring (bicyclic) bond motifs is 1. The summed E-state index contributed by atoms with van der Waals surface area (Å²) < 4.78 is 6.12. The summed E-state index contributed by atoms with van der Waals surface area (Å²) in [6.45, 7) is 5.45. The van der Waals surface area contributed by atoms with Crippen LogP contribution in [0.4, 0.5) is 9.93 Å². The molecule has 3 rings (SSSR count). The predicted octanol–water partition coefficient (Wildman–Crippen LogP) is 4.80. The van der Waals surface area contributed by atoms with E-state index in [1.165, 1.54) is 11.3 Å². The molecule has 0 saturated carbocycles. The number of aromatic nitrogens is 3. The van der Waals surface area contributed by atoms with Crippen LogP contribution in [0.15, 0.2) is 28.3 Å². The second-order valence-electron chi connectivity index (χ2n) is 5.92. The lowest BCUT2D eigenvalue weighted by atomic mass is 10.2. The molecule has 0 aliphatic heterocycles. The maximum absolute atomic E-state index is 11.8. The Morgan fingerprint density at radius 1 is 1.43 bits per heavy atom. The van der Waals surface area contributed by atoms with Gasteiger partial charge in [0, 0.05) is 33.2 Å². The second-order valence-corrected chi connectivity index (χ2v) is 7.69. The van der Waals surface area contributed by atoms with Crippen molar-refractivity contribution in [3.63, 3.8) is 0 Å². The zero-order chi connectivity index (χ0) is 16.6. The number of aromatic amines is 1. The third kappa shape index (κ3) is 3.70. The van der Waals surface area contributed by atoms with Gasteiger partial charge in [0.2, 0.25) is 0 Å². The van der Waals surface area contributed by atoms with Gasteiger partial charge in [0.05, 0.1) is 5.69 Å². The lowest BCUT2D eigenvalue weighted by Gasteiger charge is -2.18. The number of H-pyrrole nitrogens is 1. The van der Waals surface area contributed by atoms with Gasteiger partial charge in [0.1, 0.15) is 11.2 Å². The van der Waals surface area contributed by atoms with Crippen molar-refractivity contribution in [2.24, 2.45) is 0 Å². The Hall–Kier alpha value is -1.93. The Bertz CT molecular complexity index is 866. The smallest absolute Gasteiger partial charge is 0.413 e. The van der Waals surface area contributed by atoms with Crippen molar-refractivity contribution < 1.29 is 9.53 Å². The number of carbonyl (C=O) groups excluding carboxylic acids is 1. The number of thiazole rings is 1. The highest BCUT2D eigenvalue weighted by molar-refractivity contribution is 9.10. The van der Waals surface area contributed by atoms with Crippen LogP contribution in [0.5, 0.6) is 0 Å². The highest BCUT2D eigenvalue weighted by Crippen LogP contribution is 2.31. The van der Waals surface area contributed by atoms with E-state index in [4.69, 9.17) is 4.74 Å². The van der Waals surface area contributed by atoms with Gasteiger partial charge in [-0.05, 0) is 42.8 Å². The van der Waals surface area contributed by atoms with E-state index in [0.717, 1.165) is 26.8 Å². The molecule has 0 bridgehead atoms. The lowest BCUT2D eigenvalue weighted by molar-refractivity contribution is 0.0636. The molecule has 0 aliphatic rings. The van der Waals surface area contributed by atoms with Crippen LogP contribution in [-0.4, -0.2) is 26.6 Å². The molecule has 8 heteroatoms. The van der Waals surface area contributed by atoms with Crippen molar-refractivity contribution >= 4 is 49.5 Å². The van der Waals surface area contributed by atoms with Gasteiger partial charge in [-0.3, -0.25) is 5.32 Å². The molecule has 3 aromatic rings. The number of anilines is 1. The molecule has 0 unspecified atom stereocenters. The SMILES string of the molecule is CC(C)(C)OC(=O)Nc1nc(-c2c[nH]c3ncc(Br)cc23)cs1. The van der Waals surface area contributed by atoms with E-state index in [-0.39, 0.29) is 0 Å². The van der Waals surface area contributed by atoms with Gasteiger partial charge >= 0.3 is 6.09 Å². The van der Waals surface area contributed by atoms with E-state index >= 15 is 0 Å². The summed E-state index contributed by atoms with van der Waals surface area (Å²) in [7, 11) is 0. The molecule has 0 fully saturated rings. The third-order valence-corrected chi connectivity index (χ3v) is 4.08. The summed E-state index contributed by atoms with van der Waals surface area (Å²) in [6.07, 6.45) is 3.08. The number of rotatable bonds is 2. The molecule has 0 spiro atoms. The average molecular weight is 395 g/mol. The van der Waals surface area contributed by atoms with Crippen molar-refractivity contribution in [2.75, 3.05) is 5.32 Å². The maximum atomic E-state index is 11.8. The highest BCUT2D eigenvalue weighted by Gasteiger charge is 2.18. The Kier molecular flexibility index (Phi) is 4.11. The van der Waals surface area contributed by atoms with Gasteiger partial charge < -0.3 is 9.72 Å². The maximum Gasteiger partial charge on any atom is 0.413 e. The fraction of sp³-hybridized carbons (Fsp3) is 0.267. The molecule has 0 aromatic carbocycles. The molecule has 2 N–H and O–H groups in total. The summed E-state index contributed by atoms with van der Waals surface area (Å²) in [4.78, 5) is 23.7. The van der Waals surface area contributed by atoms with Crippen LogP contribution >= 0.6 is 27.3 Å². The first-order valence-corrected chi connectivity index (χ1v) is 8.57. The Morgan fingerprint density at radius 2 is 2.22 bits per heavy atom. The molecule has 23 heavy (non-hydrogen) atoms. The zero-order valence-corrected chi connectivity index (χ0v) is 15.2. The Balaban J connectivity index is 1.84. The van der Waals surface area contributed by atoms with Crippen LogP contribution < -0.4 is 5.32 Å². The first-order valence-electron chi connectivity index (χ1n) is 6.90. The number of nitrogens with zero attached hydrogens (tertiary/aromatic N) is 2. The number of pyridine rings is 1. The first-order chi connectivity index (χ1) is 10.8. The molecule has 0 saturated heterocycles. The molecular weight excluding hydrogens is 380 g/mol. The number of ether oxygens (including phenoxy) is 1. The number of carbonyl (C=O) groups is 1. The van der Waals surface area contributed by atoms with Gasteiger partial charge in [-0.15, -0.1) is 11.3 Å². The van der Waals surface area contributed by atoms with Crippen LogP contribution in [0.25, 0.3) is 22.3 Å². The van der Waals surface area contributed by atoms with Crippen molar-refractivity contribution in [1.82, 2.24) is 15.0 Å². The number of hydrogen-bond donors (Lipinski definition) is 2. The fourth-order valence-corrected chi connectivity index (χ4v) is 3.06. The van der Waals surface area contributed by atoms with E-state index in [1.54, 1.807) is 6.20 Å². The summed E-state index contributed by atoms with van der Waals surface area (Å²) in [6, 6.07) is 1.98. The van der Waals surface area contributed by atoms with E-state index in [0.29, 0.717) is 5.13 Å². The van der Waals surface area contributed by atoms with Crippen molar-refractivity contribution in [1.29, 1.82) is 0 Å². The van der Waals surface area contributed by atoms with Gasteiger partial charge in [-0.25, -0.2) is 14.8 Å². The second kappa shape index (κ2) is 5.93. The molecule has 0 atom stereocenters. The molecule has 3 heterocycles. The minimum Gasteiger partial charge on any atom is -0.444 e. The monoisotopic (exact) mass is 394 g/mol. The number of nitrogens with one attached hydrogen (secondary N) is 2. The van der Waals surface area contributed by atoms with Crippen LogP contribution in [0.3, 0.4) is 0 Å². The summed E-state index contributed by atoms with van der Waals surface area (Å²) >= 11 is 4.77. The zero-order valence-electron chi connectivity index (χ0n) is 12.8. The molecule has 0 aliphatic carbocycles. The number of halogens is 1. The van der Waals surface area contributed by atoms with Crippen molar-refractivity contribution in [3.05, 3.63) is 28.3 Å². The number of hydrogen-bond acceptors (Lipinski definition) is 5. The Morgan fingerprint density at radius 3 is 2.96 bits per heavy atom. The lowest BCUT2D eigenvalue weighted by Crippen LogP contribution is -2.27. The number of amides is 1. The van der Waals surface area contributed by atoms with E-state index < -0.39 is 11.7 Å². The van der Waals surface area contributed by atoms with E-state index in [9.17, 15) is 4.79 Å². The van der Waals surface area contributed by atoms with Crippen LogP contribution in [0.2, 0.25) is 0 Å². The largest absolute Gasteiger partial charge is 0.444 e. The van der Waals surface area contributed by atoms with Crippen LogP contribution in [0.1, 0.15) is 20.8 Å². The van der Waals surface area contributed by atoms with Crippen molar-refractivity contribution in [2.45, 2.75) is 26.4 Å². The van der Waals surface area contributed by atoms with Crippen LogP contribution in [-0.2, 0) is 4.74 Å². The quantitative estimate of drug-likeness (QED) is 0.654. The van der Waals surface area contributed by atoms with E-state index in [1.807, 2.05) is 38.4 Å². The normalized spacial score (nSPS) is 11.7. The first kappa shape index (κ1) is 15.9. The average Bonchev–Trinajstić information content (AvgIpc) is 3.02. The summed E-state index contributed by atoms with van der Waals surface area (Å²) in [5, 5.41) is 5.99. The van der Waals surface area contributed by atoms with Gasteiger partial charge in [-0.1, -0.05) is 0 Å². The summed E-state index contributed by atoms with van der Waals surface area (Å²) in [5.74, 6) is 0. The fourth-order valence-electron chi connectivity index (χ4n) is 2.04. The summed E-state index contributed by atoms with van der Waals surface area (Å²) in [5.41, 5.74) is 1.95.